The Labute approximate surface area is 229 Å². The summed E-state index contributed by atoms with van der Waals surface area (Å²) in [6.45, 7) is 10.8. The van der Waals surface area contributed by atoms with E-state index in [4.69, 9.17) is 9.47 Å². The summed E-state index contributed by atoms with van der Waals surface area (Å²) in [5.74, 6) is -2.25. The number of ether oxygens (including phenoxy) is 2. The van der Waals surface area contributed by atoms with Gasteiger partial charge in [-0.05, 0) is 25.7 Å². The van der Waals surface area contributed by atoms with E-state index in [-0.39, 0.29) is 30.3 Å². The fourth-order valence-electron chi connectivity index (χ4n) is 6.89. The minimum atomic E-state index is -0.924. The second-order valence-corrected chi connectivity index (χ2v) is 13.4. The molecule has 1 unspecified atom stereocenters. The fourth-order valence-corrected chi connectivity index (χ4v) is 9.03. The molecule has 0 radical (unpaired) electrons. The summed E-state index contributed by atoms with van der Waals surface area (Å²) in [6, 6.07) is -1.33. The molecule has 5 heterocycles. The predicted molar refractivity (Wildman–Crippen MR) is 144 cm³/mol. The summed E-state index contributed by atoms with van der Waals surface area (Å²) >= 11 is 1.55. The van der Waals surface area contributed by atoms with E-state index >= 15 is 0 Å². The Hall–Kier alpha value is -1.88. The number of esters is 1. The van der Waals surface area contributed by atoms with Gasteiger partial charge in [-0.3, -0.25) is 19.3 Å². The standard InChI is InChI=1S/C28H41N3O6S/c1-19(2)20(18-32)31-23-25(34)30(12-11-29-13-16-36-17-14-29)10-7-9-28(23)21(24(31)33)22-26(35)37-15-6-4-5-8-27(22,3)38-28/h5,7-9,19-23,32H,4,6,10-18H2,1-3H3/b8-5-/t20-,21-,22-,23?,27+,28-/m0/s1. The predicted octanol–water partition coefficient (Wildman–Crippen LogP) is 1.31. The maximum atomic E-state index is 14.4. The Balaban J connectivity index is 1.55. The average Bonchev–Trinajstić information content (AvgIpc) is 3.24. The Morgan fingerprint density at radius 1 is 1.05 bits per heavy atom. The van der Waals surface area contributed by atoms with Gasteiger partial charge in [0.25, 0.3) is 0 Å². The molecule has 0 bridgehead atoms. The molecule has 0 aromatic heterocycles. The second-order valence-electron chi connectivity index (χ2n) is 11.6. The summed E-state index contributed by atoms with van der Waals surface area (Å²) in [5, 5.41) is 10.4. The number of nitrogens with zero attached hydrogens (tertiary/aromatic N) is 3. The van der Waals surface area contributed by atoms with Crippen LogP contribution in [0.1, 0.15) is 33.6 Å². The van der Waals surface area contributed by atoms with Gasteiger partial charge in [0.05, 0.1) is 49.1 Å². The lowest BCUT2D eigenvalue weighted by Gasteiger charge is -2.41. The molecule has 9 nitrogen and oxygen atoms in total. The normalized spacial score (nSPS) is 37.6. The minimum absolute atomic E-state index is 0.0644. The molecule has 5 rings (SSSR count). The number of hydrogen-bond acceptors (Lipinski definition) is 8. The van der Waals surface area contributed by atoms with E-state index in [1.807, 2.05) is 37.8 Å². The van der Waals surface area contributed by atoms with E-state index in [0.717, 1.165) is 32.5 Å². The van der Waals surface area contributed by atoms with Crippen LogP contribution in [0.5, 0.6) is 0 Å². The van der Waals surface area contributed by atoms with E-state index in [2.05, 4.69) is 17.1 Å². The number of fused-ring (bicyclic) bond motifs is 2. The number of thioether (sulfide) groups is 1. The first-order valence-electron chi connectivity index (χ1n) is 14.0. The van der Waals surface area contributed by atoms with Crippen molar-refractivity contribution < 1.29 is 29.0 Å². The molecule has 2 amide bonds. The quantitative estimate of drug-likeness (QED) is 0.393. The molecule has 5 aliphatic rings. The van der Waals surface area contributed by atoms with E-state index in [1.165, 1.54) is 0 Å². The summed E-state index contributed by atoms with van der Waals surface area (Å²) in [5.41, 5.74) is 0. The van der Waals surface area contributed by atoms with Crippen LogP contribution < -0.4 is 0 Å². The number of amides is 2. The van der Waals surface area contributed by atoms with Gasteiger partial charge >= 0.3 is 5.97 Å². The van der Waals surface area contributed by atoms with Crippen molar-refractivity contribution in [2.24, 2.45) is 17.8 Å². The number of allylic oxidation sites excluding steroid dienone is 1. The van der Waals surface area contributed by atoms with Gasteiger partial charge in [-0.2, -0.15) is 0 Å². The SMILES string of the molecule is CC(C)[C@H](CO)N1C(=O)[C@@H]2[C@H]3C(=O)OCCC/C=C\[C@@]3(C)S[C@@]23C=CCN(CCN2CCOCC2)C(=O)C13. The number of rotatable bonds is 6. The molecule has 1 N–H and O–H groups in total. The number of morpholine rings is 1. The maximum absolute atomic E-state index is 14.4. The lowest BCUT2D eigenvalue weighted by molar-refractivity contribution is -0.155. The van der Waals surface area contributed by atoms with Crippen LogP contribution in [0, 0.1) is 17.8 Å². The van der Waals surface area contributed by atoms with Crippen LogP contribution in [0.3, 0.4) is 0 Å². The lowest BCUT2D eigenvalue weighted by Crippen LogP contribution is -2.58. The zero-order chi connectivity index (χ0) is 27.1. The molecule has 210 valence electrons. The Kier molecular flexibility index (Phi) is 7.97. The molecule has 10 heteroatoms. The van der Waals surface area contributed by atoms with Gasteiger partial charge in [0, 0.05) is 37.5 Å². The van der Waals surface area contributed by atoms with Crippen molar-refractivity contribution in [2.75, 3.05) is 59.2 Å². The first-order valence-corrected chi connectivity index (χ1v) is 14.8. The van der Waals surface area contributed by atoms with Gasteiger partial charge in [-0.1, -0.05) is 38.2 Å². The van der Waals surface area contributed by atoms with Crippen molar-refractivity contribution in [1.29, 1.82) is 0 Å². The third kappa shape index (κ3) is 4.61. The minimum Gasteiger partial charge on any atom is -0.465 e. The highest BCUT2D eigenvalue weighted by molar-refractivity contribution is 8.02. The maximum Gasteiger partial charge on any atom is 0.311 e. The summed E-state index contributed by atoms with van der Waals surface area (Å²) < 4.78 is 9.53. The number of likely N-dealkylation sites (tertiary alicyclic amines) is 1. The van der Waals surface area contributed by atoms with Crippen molar-refractivity contribution in [3.05, 3.63) is 24.3 Å². The highest BCUT2D eigenvalue weighted by Crippen LogP contribution is 2.65. The van der Waals surface area contributed by atoms with Crippen molar-refractivity contribution >= 4 is 29.5 Å². The monoisotopic (exact) mass is 547 g/mol. The van der Waals surface area contributed by atoms with Gasteiger partial charge in [0.1, 0.15) is 6.04 Å². The number of cyclic esters (lactones) is 1. The molecular weight excluding hydrogens is 506 g/mol. The number of aliphatic hydroxyl groups is 1. The Morgan fingerprint density at radius 3 is 2.53 bits per heavy atom. The van der Waals surface area contributed by atoms with Gasteiger partial charge in [0.2, 0.25) is 11.8 Å². The zero-order valence-corrected chi connectivity index (χ0v) is 23.5. The molecule has 0 aromatic carbocycles. The number of hydrogen-bond donors (Lipinski definition) is 1. The Morgan fingerprint density at radius 2 is 1.82 bits per heavy atom. The van der Waals surface area contributed by atoms with Crippen LogP contribution >= 0.6 is 11.8 Å². The highest BCUT2D eigenvalue weighted by Gasteiger charge is 2.74. The van der Waals surface area contributed by atoms with Crippen molar-refractivity contribution in [3.8, 4) is 0 Å². The third-order valence-corrected chi connectivity index (χ3v) is 10.7. The molecule has 6 atom stereocenters. The summed E-state index contributed by atoms with van der Waals surface area (Å²) in [4.78, 5) is 48.1. The summed E-state index contributed by atoms with van der Waals surface area (Å²) in [6.07, 6.45) is 9.70. The smallest absolute Gasteiger partial charge is 0.311 e. The van der Waals surface area contributed by atoms with Crippen molar-refractivity contribution in [1.82, 2.24) is 14.7 Å². The van der Waals surface area contributed by atoms with Gasteiger partial charge in [-0.15, -0.1) is 11.8 Å². The van der Waals surface area contributed by atoms with Crippen molar-refractivity contribution in [3.63, 3.8) is 0 Å². The van der Waals surface area contributed by atoms with Gasteiger partial charge in [0.15, 0.2) is 0 Å². The first-order chi connectivity index (χ1) is 18.2. The largest absolute Gasteiger partial charge is 0.465 e. The molecular formula is C28H41N3O6S. The Bertz CT molecular complexity index is 997. The molecule has 0 aromatic rings. The zero-order valence-electron chi connectivity index (χ0n) is 22.7. The second kappa shape index (κ2) is 10.9. The molecule has 0 aliphatic carbocycles. The van der Waals surface area contributed by atoms with Crippen LogP contribution in [-0.2, 0) is 23.9 Å². The number of aliphatic hydroxyl groups excluding tert-OH is 1. The van der Waals surface area contributed by atoms with Crippen LogP contribution in [0.25, 0.3) is 0 Å². The van der Waals surface area contributed by atoms with E-state index < -0.39 is 33.4 Å². The number of carbonyl (C=O) groups is 3. The summed E-state index contributed by atoms with van der Waals surface area (Å²) in [7, 11) is 0. The molecule has 3 saturated heterocycles. The highest BCUT2D eigenvalue weighted by atomic mass is 32.2. The van der Waals surface area contributed by atoms with E-state index in [0.29, 0.717) is 32.9 Å². The molecule has 0 saturated carbocycles. The fraction of sp³-hybridized carbons (Fsp3) is 0.750. The van der Waals surface area contributed by atoms with E-state index in [9.17, 15) is 19.5 Å². The molecule has 3 fully saturated rings. The van der Waals surface area contributed by atoms with Crippen molar-refractivity contribution in [2.45, 2.75) is 55.2 Å². The van der Waals surface area contributed by atoms with E-state index in [1.54, 1.807) is 16.7 Å². The van der Waals surface area contributed by atoms with Crippen LogP contribution in [0.15, 0.2) is 24.3 Å². The van der Waals surface area contributed by atoms with Gasteiger partial charge < -0.3 is 24.4 Å². The van der Waals surface area contributed by atoms with Crippen LogP contribution in [0.4, 0.5) is 0 Å². The topological polar surface area (TPSA) is 99.6 Å². The van der Waals surface area contributed by atoms with Gasteiger partial charge in [-0.25, -0.2) is 0 Å². The molecule has 38 heavy (non-hydrogen) atoms. The van der Waals surface area contributed by atoms with Crippen LogP contribution in [0.2, 0.25) is 0 Å². The number of carbonyl (C=O) groups excluding carboxylic acids is 3. The third-order valence-electron chi connectivity index (χ3n) is 8.88. The molecule has 1 spiro atoms. The molecule has 5 aliphatic heterocycles. The van der Waals surface area contributed by atoms with Crippen LogP contribution in [-0.4, -0.2) is 118 Å². The lowest BCUT2D eigenvalue weighted by atomic mass is 9.74. The first kappa shape index (κ1) is 27.7. The average molecular weight is 548 g/mol.